The Hall–Kier alpha value is -2.66. The second kappa shape index (κ2) is 6.22. The van der Waals surface area contributed by atoms with Crippen LogP contribution in [0.3, 0.4) is 0 Å². The monoisotopic (exact) mass is 327 g/mol. The van der Waals surface area contributed by atoms with Gasteiger partial charge < -0.3 is 9.88 Å². The number of carbonyl (C=O) groups is 1. The van der Waals surface area contributed by atoms with Crippen LogP contribution in [0.4, 0.5) is 0 Å². The lowest BCUT2D eigenvalue weighted by Crippen LogP contribution is -2.28. The number of amides is 1. The Labute approximate surface area is 137 Å². The van der Waals surface area contributed by atoms with E-state index in [1.807, 2.05) is 6.07 Å². The maximum atomic E-state index is 12.4. The molecule has 3 aromatic rings. The van der Waals surface area contributed by atoms with Gasteiger partial charge in [-0.25, -0.2) is 4.98 Å². The summed E-state index contributed by atoms with van der Waals surface area (Å²) in [7, 11) is 1.64. The summed E-state index contributed by atoms with van der Waals surface area (Å²) in [5, 5.41) is 0.917. The number of aromatic amines is 1. The molecule has 2 aromatic carbocycles. The number of fused-ring (bicyclic) bond motifs is 1. The molecule has 1 heterocycles. The van der Waals surface area contributed by atoms with Gasteiger partial charge in [0.2, 0.25) is 0 Å². The molecule has 0 aliphatic rings. The zero-order valence-corrected chi connectivity index (χ0v) is 13.2. The number of aromatic nitrogens is 2. The molecule has 0 aliphatic heterocycles. The van der Waals surface area contributed by atoms with Crippen molar-refractivity contribution in [1.29, 1.82) is 0 Å². The van der Waals surface area contributed by atoms with Crippen LogP contribution in [-0.4, -0.2) is 27.8 Å². The van der Waals surface area contributed by atoms with E-state index in [9.17, 15) is 9.59 Å². The number of H-pyrrole nitrogens is 1. The van der Waals surface area contributed by atoms with Gasteiger partial charge in [0.05, 0.1) is 28.0 Å². The predicted octanol–water partition coefficient (Wildman–Crippen LogP) is 2.85. The third kappa shape index (κ3) is 3.10. The molecule has 1 N–H and O–H groups in total. The first-order chi connectivity index (χ1) is 11.1. The summed E-state index contributed by atoms with van der Waals surface area (Å²) >= 11 is 6.05. The average Bonchev–Trinajstić information content (AvgIpc) is 2.54. The number of benzene rings is 2. The molecule has 0 unspecified atom stereocenters. The van der Waals surface area contributed by atoms with E-state index < -0.39 is 0 Å². The van der Waals surface area contributed by atoms with Crippen molar-refractivity contribution in [1.82, 2.24) is 14.9 Å². The number of nitrogens with zero attached hydrogens (tertiary/aromatic N) is 2. The number of para-hydroxylation sites is 1. The van der Waals surface area contributed by atoms with Gasteiger partial charge in [-0.05, 0) is 24.3 Å². The summed E-state index contributed by atoms with van der Waals surface area (Å²) in [6.07, 6.45) is 0. The van der Waals surface area contributed by atoms with Crippen LogP contribution in [0, 0.1) is 0 Å². The molecule has 0 atom stereocenters. The van der Waals surface area contributed by atoms with Crippen LogP contribution in [0.2, 0.25) is 5.02 Å². The van der Waals surface area contributed by atoms with Crippen molar-refractivity contribution >= 4 is 28.4 Å². The Morgan fingerprint density at radius 2 is 1.87 bits per heavy atom. The summed E-state index contributed by atoms with van der Waals surface area (Å²) in [6.45, 7) is 0.185. The second-order valence-electron chi connectivity index (χ2n) is 5.17. The lowest BCUT2D eigenvalue weighted by Gasteiger charge is -2.17. The lowest BCUT2D eigenvalue weighted by molar-refractivity contribution is 0.0781. The first-order valence-corrected chi connectivity index (χ1v) is 7.42. The molecule has 116 valence electrons. The van der Waals surface area contributed by atoms with Crippen molar-refractivity contribution in [3.63, 3.8) is 0 Å². The molecule has 1 amide bonds. The normalized spacial score (nSPS) is 10.7. The van der Waals surface area contributed by atoms with E-state index in [0.29, 0.717) is 27.3 Å². The van der Waals surface area contributed by atoms with Gasteiger partial charge in [0.1, 0.15) is 5.82 Å². The SMILES string of the molecule is CN(Cc1nc2ccccc2c(=O)[nH]1)C(=O)c1ccccc1Cl. The number of hydrogen-bond acceptors (Lipinski definition) is 3. The van der Waals surface area contributed by atoms with Crippen LogP contribution < -0.4 is 5.56 Å². The molecule has 0 aliphatic carbocycles. The van der Waals surface area contributed by atoms with Gasteiger partial charge in [0.25, 0.3) is 11.5 Å². The summed E-state index contributed by atoms with van der Waals surface area (Å²) in [6, 6.07) is 13.9. The molecule has 0 spiro atoms. The maximum Gasteiger partial charge on any atom is 0.258 e. The van der Waals surface area contributed by atoms with Crippen LogP contribution in [0.15, 0.2) is 53.3 Å². The lowest BCUT2D eigenvalue weighted by atomic mass is 10.2. The first-order valence-electron chi connectivity index (χ1n) is 7.04. The van der Waals surface area contributed by atoms with Gasteiger partial charge in [-0.1, -0.05) is 35.9 Å². The highest BCUT2D eigenvalue weighted by molar-refractivity contribution is 6.33. The van der Waals surface area contributed by atoms with Crippen molar-refractivity contribution in [3.8, 4) is 0 Å². The fourth-order valence-corrected chi connectivity index (χ4v) is 2.56. The smallest absolute Gasteiger partial charge is 0.258 e. The number of carbonyl (C=O) groups excluding carboxylic acids is 1. The third-order valence-corrected chi connectivity index (χ3v) is 3.83. The Morgan fingerprint density at radius 3 is 2.65 bits per heavy atom. The maximum absolute atomic E-state index is 12.4. The molecular weight excluding hydrogens is 314 g/mol. The van der Waals surface area contributed by atoms with Gasteiger partial charge in [-0.3, -0.25) is 9.59 Å². The van der Waals surface area contributed by atoms with Gasteiger partial charge in [0.15, 0.2) is 0 Å². The van der Waals surface area contributed by atoms with Crippen LogP contribution in [0.1, 0.15) is 16.2 Å². The fraction of sp³-hybridized carbons (Fsp3) is 0.118. The second-order valence-corrected chi connectivity index (χ2v) is 5.58. The molecule has 0 fully saturated rings. The first kappa shape index (κ1) is 15.2. The van der Waals surface area contributed by atoms with Gasteiger partial charge in [0, 0.05) is 7.05 Å². The molecule has 0 saturated carbocycles. The van der Waals surface area contributed by atoms with E-state index in [-0.39, 0.29) is 18.0 Å². The Balaban J connectivity index is 1.88. The average molecular weight is 328 g/mol. The minimum Gasteiger partial charge on any atom is -0.334 e. The minimum atomic E-state index is -0.230. The van der Waals surface area contributed by atoms with Gasteiger partial charge in [-0.15, -0.1) is 0 Å². The zero-order valence-electron chi connectivity index (χ0n) is 12.4. The molecule has 0 saturated heterocycles. The highest BCUT2D eigenvalue weighted by atomic mass is 35.5. The van der Waals surface area contributed by atoms with E-state index in [0.717, 1.165) is 0 Å². The number of hydrogen-bond donors (Lipinski definition) is 1. The summed E-state index contributed by atoms with van der Waals surface area (Å²) in [4.78, 5) is 33.1. The Kier molecular flexibility index (Phi) is 4.12. The van der Waals surface area contributed by atoms with Gasteiger partial charge >= 0.3 is 0 Å². The predicted molar refractivity (Wildman–Crippen MR) is 89.6 cm³/mol. The zero-order chi connectivity index (χ0) is 16.4. The number of halogens is 1. The highest BCUT2D eigenvalue weighted by Crippen LogP contribution is 2.17. The highest BCUT2D eigenvalue weighted by Gasteiger charge is 2.16. The molecule has 0 bridgehead atoms. The van der Waals surface area contributed by atoms with Gasteiger partial charge in [-0.2, -0.15) is 0 Å². The Morgan fingerprint density at radius 1 is 1.17 bits per heavy atom. The topological polar surface area (TPSA) is 66.1 Å². The van der Waals surface area contributed by atoms with E-state index in [2.05, 4.69) is 9.97 Å². The largest absolute Gasteiger partial charge is 0.334 e. The van der Waals surface area contributed by atoms with E-state index in [1.54, 1.807) is 49.5 Å². The summed E-state index contributed by atoms with van der Waals surface area (Å²) in [5.74, 6) is 0.197. The van der Waals surface area contributed by atoms with E-state index >= 15 is 0 Å². The van der Waals surface area contributed by atoms with Crippen LogP contribution in [0.5, 0.6) is 0 Å². The van der Waals surface area contributed by atoms with Crippen LogP contribution in [0.25, 0.3) is 10.9 Å². The minimum absolute atomic E-state index is 0.185. The van der Waals surface area contributed by atoms with E-state index in [1.165, 1.54) is 4.90 Å². The Bertz CT molecular complexity index is 936. The summed E-state index contributed by atoms with van der Waals surface area (Å²) < 4.78 is 0. The molecule has 1 aromatic heterocycles. The van der Waals surface area contributed by atoms with E-state index in [4.69, 9.17) is 11.6 Å². The van der Waals surface area contributed by atoms with Crippen LogP contribution in [-0.2, 0) is 6.54 Å². The number of rotatable bonds is 3. The third-order valence-electron chi connectivity index (χ3n) is 3.50. The molecular formula is C17H14ClN3O2. The van der Waals surface area contributed by atoms with Crippen molar-refractivity contribution in [2.75, 3.05) is 7.05 Å². The standard InChI is InChI=1S/C17H14ClN3O2/c1-21(17(23)11-6-2-4-8-13(11)18)10-15-19-14-9-5-3-7-12(14)16(22)20-15/h2-9H,10H2,1H3,(H,19,20,22). The fourth-order valence-electron chi connectivity index (χ4n) is 2.35. The van der Waals surface area contributed by atoms with Crippen molar-refractivity contribution in [3.05, 3.63) is 75.3 Å². The van der Waals surface area contributed by atoms with Crippen molar-refractivity contribution < 1.29 is 4.79 Å². The van der Waals surface area contributed by atoms with Crippen molar-refractivity contribution in [2.24, 2.45) is 0 Å². The van der Waals surface area contributed by atoms with Crippen molar-refractivity contribution in [2.45, 2.75) is 6.54 Å². The molecule has 23 heavy (non-hydrogen) atoms. The van der Waals surface area contributed by atoms with Crippen LogP contribution >= 0.6 is 11.6 Å². The molecule has 0 radical (unpaired) electrons. The number of nitrogens with one attached hydrogen (secondary N) is 1. The molecule has 3 rings (SSSR count). The molecule has 6 heteroatoms. The summed E-state index contributed by atoms with van der Waals surface area (Å²) in [5.41, 5.74) is 0.800. The quantitative estimate of drug-likeness (QED) is 0.804. The molecule has 5 nitrogen and oxygen atoms in total.